The Hall–Kier alpha value is -1.43. The number of carboxylic acid groups (broad SMARTS) is 1. The van der Waals surface area contributed by atoms with Crippen molar-refractivity contribution in [2.45, 2.75) is 52.0 Å². The van der Waals surface area contributed by atoms with Gasteiger partial charge in [-0.3, -0.25) is 9.69 Å². The number of aryl methyl sites for hydroxylation is 1. The van der Waals surface area contributed by atoms with Gasteiger partial charge in [0, 0.05) is 13.0 Å². The minimum absolute atomic E-state index is 0.0139. The highest BCUT2D eigenvalue weighted by Crippen LogP contribution is 2.26. The molecule has 1 aromatic rings. The lowest BCUT2D eigenvalue weighted by Crippen LogP contribution is -2.40. The first-order valence-electron chi connectivity index (χ1n) is 7.41. The molecular weight excluding hydrogens is 258 g/mol. The van der Waals surface area contributed by atoms with Crippen molar-refractivity contribution < 1.29 is 14.4 Å². The molecule has 6 heteroatoms. The lowest BCUT2D eigenvalue weighted by molar-refractivity contribution is -0.144. The summed E-state index contributed by atoms with van der Waals surface area (Å²) in [4.78, 5) is 17.7. The highest BCUT2D eigenvalue weighted by Gasteiger charge is 2.30. The fourth-order valence-electron chi connectivity index (χ4n) is 2.59. The molecule has 0 amide bonds. The van der Waals surface area contributed by atoms with E-state index in [4.69, 9.17) is 9.63 Å². The first-order chi connectivity index (χ1) is 9.61. The molecule has 20 heavy (non-hydrogen) atoms. The summed E-state index contributed by atoms with van der Waals surface area (Å²) < 4.78 is 5.32. The SMILES string of the molecule is CCCCc1noc(C(C)N2CCCC(C(=O)O)C2)n1. The Morgan fingerprint density at radius 1 is 1.60 bits per heavy atom. The molecule has 0 bridgehead atoms. The number of aliphatic carboxylic acids is 1. The van der Waals surface area contributed by atoms with E-state index in [0.29, 0.717) is 12.4 Å². The van der Waals surface area contributed by atoms with Gasteiger partial charge in [0.05, 0.1) is 12.0 Å². The van der Waals surface area contributed by atoms with Crippen molar-refractivity contribution in [2.24, 2.45) is 5.92 Å². The largest absolute Gasteiger partial charge is 0.481 e. The van der Waals surface area contributed by atoms with Crippen molar-refractivity contribution in [3.63, 3.8) is 0 Å². The van der Waals surface area contributed by atoms with E-state index in [2.05, 4.69) is 22.0 Å². The van der Waals surface area contributed by atoms with Crippen LogP contribution in [0.4, 0.5) is 0 Å². The van der Waals surface area contributed by atoms with E-state index in [1.54, 1.807) is 0 Å². The van der Waals surface area contributed by atoms with E-state index in [1.165, 1.54) is 0 Å². The van der Waals surface area contributed by atoms with Gasteiger partial charge in [-0.2, -0.15) is 4.98 Å². The van der Waals surface area contributed by atoms with Crippen LogP contribution in [-0.4, -0.2) is 39.2 Å². The normalized spacial score (nSPS) is 21.8. The molecule has 2 rings (SSSR count). The Bertz CT molecular complexity index is 447. The highest BCUT2D eigenvalue weighted by molar-refractivity contribution is 5.70. The Balaban J connectivity index is 1.97. The summed E-state index contributed by atoms with van der Waals surface area (Å²) in [7, 11) is 0. The molecule has 1 aliphatic rings. The van der Waals surface area contributed by atoms with Gasteiger partial charge in [0.2, 0.25) is 5.89 Å². The Morgan fingerprint density at radius 2 is 2.40 bits per heavy atom. The third-order valence-electron chi connectivity index (χ3n) is 3.94. The van der Waals surface area contributed by atoms with Crippen LogP contribution >= 0.6 is 0 Å². The average molecular weight is 281 g/mol. The molecule has 1 aromatic heterocycles. The summed E-state index contributed by atoms with van der Waals surface area (Å²) in [5, 5.41) is 13.1. The lowest BCUT2D eigenvalue weighted by atomic mass is 9.97. The second kappa shape index (κ2) is 6.83. The van der Waals surface area contributed by atoms with E-state index in [0.717, 1.165) is 44.5 Å². The summed E-state index contributed by atoms with van der Waals surface area (Å²) in [5.41, 5.74) is 0. The van der Waals surface area contributed by atoms with Crippen molar-refractivity contribution in [2.75, 3.05) is 13.1 Å². The van der Waals surface area contributed by atoms with Gasteiger partial charge in [-0.05, 0) is 32.7 Å². The number of hydrogen-bond acceptors (Lipinski definition) is 5. The maximum absolute atomic E-state index is 11.1. The molecule has 6 nitrogen and oxygen atoms in total. The summed E-state index contributed by atoms with van der Waals surface area (Å²) >= 11 is 0. The summed E-state index contributed by atoms with van der Waals surface area (Å²) in [6, 6.07) is -0.0139. The van der Waals surface area contributed by atoms with Crippen molar-refractivity contribution in [1.82, 2.24) is 15.0 Å². The van der Waals surface area contributed by atoms with Crippen LogP contribution in [0.1, 0.15) is 57.3 Å². The number of carboxylic acids is 1. The van der Waals surface area contributed by atoms with Crippen LogP contribution in [0, 0.1) is 5.92 Å². The van der Waals surface area contributed by atoms with Crippen molar-refractivity contribution in [1.29, 1.82) is 0 Å². The van der Waals surface area contributed by atoms with Crippen LogP contribution in [0.25, 0.3) is 0 Å². The molecule has 112 valence electrons. The van der Waals surface area contributed by atoms with Crippen molar-refractivity contribution >= 4 is 5.97 Å². The van der Waals surface area contributed by atoms with Crippen molar-refractivity contribution in [3.05, 3.63) is 11.7 Å². The number of unbranched alkanes of at least 4 members (excludes halogenated alkanes) is 1. The number of hydrogen-bond donors (Lipinski definition) is 1. The highest BCUT2D eigenvalue weighted by atomic mass is 16.5. The first kappa shape index (κ1) is 15.0. The Kier molecular flexibility index (Phi) is 5.11. The second-order valence-corrected chi connectivity index (χ2v) is 5.50. The molecule has 1 aliphatic heterocycles. The molecule has 1 N–H and O–H groups in total. The molecule has 2 heterocycles. The van der Waals surface area contributed by atoms with Gasteiger partial charge in [0.1, 0.15) is 0 Å². The van der Waals surface area contributed by atoms with E-state index in [9.17, 15) is 4.79 Å². The molecule has 0 aliphatic carbocycles. The van der Waals surface area contributed by atoms with Crippen LogP contribution in [0.15, 0.2) is 4.52 Å². The maximum atomic E-state index is 11.1. The van der Waals surface area contributed by atoms with Gasteiger partial charge < -0.3 is 9.63 Å². The van der Waals surface area contributed by atoms with Crippen LogP contribution < -0.4 is 0 Å². The van der Waals surface area contributed by atoms with E-state index in [-0.39, 0.29) is 12.0 Å². The van der Waals surface area contributed by atoms with Gasteiger partial charge in [0.25, 0.3) is 0 Å². The number of carbonyl (C=O) groups is 1. The fourth-order valence-corrected chi connectivity index (χ4v) is 2.59. The van der Waals surface area contributed by atoms with Crippen LogP contribution in [0.3, 0.4) is 0 Å². The quantitative estimate of drug-likeness (QED) is 0.861. The van der Waals surface area contributed by atoms with Crippen LogP contribution in [-0.2, 0) is 11.2 Å². The summed E-state index contributed by atoms with van der Waals surface area (Å²) in [6.07, 6.45) is 4.65. The zero-order chi connectivity index (χ0) is 14.5. The monoisotopic (exact) mass is 281 g/mol. The first-order valence-corrected chi connectivity index (χ1v) is 7.41. The lowest BCUT2D eigenvalue weighted by Gasteiger charge is -2.33. The van der Waals surface area contributed by atoms with Gasteiger partial charge in [-0.25, -0.2) is 0 Å². The third kappa shape index (κ3) is 3.56. The van der Waals surface area contributed by atoms with E-state index in [1.807, 2.05) is 6.92 Å². The zero-order valence-electron chi connectivity index (χ0n) is 12.2. The molecule has 0 saturated carbocycles. The predicted octanol–water partition coefficient (Wildman–Crippen LogP) is 2.27. The molecule has 0 radical (unpaired) electrons. The Morgan fingerprint density at radius 3 is 3.10 bits per heavy atom. The van der Waals surface area contributed by atoms with E-state index >= 15 is 0 Å². The number of likely N-dealkylation sites (tertiary alicyclic amines) is 1. The van der Waals surface area contributed by atoms with Gasteiger partial charge in [-0.15, -0.1) is 0 Å². The van der Waals surface area contributed by atoms with Gasteiger partial charge in [0.15, 0.2) is 5.82 Å². The fraction of sp³-hybridized carbons (Fsp3) is 0.786. The zero-order valence-corrected chi connectivity index (χ0v) is 12.2. The molecule has 2 atom stereocenters. The number of nitrogens with zero attached hydrogens (tertiary/aromatic N) is 3. The third-order valence-corrected chi connectivity index (χ3v) is 3.94. The maximum Gasteiger partial charge on any atom is 0.307 e. The topological polar surface area (TPSA) is 79.5 Å². The number of piperidine rings is 1. The van der Waals surface area contributed by atoms with Gasteiger partial charge in [-0.1, -0.05) is 18.5 Å². The standard InChI is InChI=1S/C14H23N3O3/c1-3-4-7-12-15-13(20-16-12)10(2)17-8-5-6-11(9-17)14(18)19/h10-11H,3-9H2,1-2H3,(H,18,19). The smallest absolute Gasteiger partial charge is 0.307 e. The molecule has 1 fully saturated rings. The number of rotatable bonds is 6. The number of aromatic nitrogens is 2. The van der Waals surface area contributed by atoms with Crippen LogP contribution in [0.2, 0.25) is 0 Å². The Labute approximate surface area is 119 Å². The average Bonchev–Trinajstić information content (AvgIpc) is 2.93. The summed E-state index contributed by atoms with van der Waals surface area (Å²) in [6.45, 7) is 5.57. The second-order valence-electron chi connectivity index (χ2n) is 5.50. The van der Waals surface area contributed by atoms with Gasteiger partial charge >= 0.3 is 5.97 Å². The molecule has 0 spiro atoms. The molecule has 0 aromatic carbocycles. The molecular formula is C14H23N3O3. The minimum Gasteiger partial charge on any atom is -0.481 e. The van der Waals surface area contributed by atoms with Crippen molar-refractivity contribution in [3.8, 4) is 0 Å². The van der Waals surface area contributed by atoms with E-state index < -0.39 is 5.97 Å². The minimum atomic E-state index is -0.712. The predicted molar refractivity (Wildman–Crippen MR) is 73.3 cm³/mol. The van der Waals surface area contributed by atoms with Crippen LogP contribution in [0.5, 0.6) is 0 Å². The molecule has 1 saturated heterocycles. The summed E-state index contributed by atoms with van der Waals surface area (Å²) in [5.74, 6) is 0.354. The molecule has 2 unspecified atom stereocenters.